The van der Waals surface area contributed by atoms with E-state index >= 15 is 0 Å². The molecule has 0 saturated carbocycles. The summed E-state index contributed by atoms with van der Waals surface area (Å²) in [6.45, 7) is 0. The lowest BCUT2D eigenvalue weighted by Gasteiger charge is -2.08. The SMILES string of the molecule is O[B]Oc1cccc2c1oc1c(-c3cc4ccccc4c4c3sc3ccccc34)cccc12.O[B]Oc1cccc2oc3ccc(-c4cccc5oc6ccc7ccccc7c6c45)cc3c12.O[B]Oc1cccc2sc3ccc(-c4ccc5oc6ccc7ccccc7c6c5c4)cc3c12. The number of fused-ring (bicyclic) bond motifs is 24. The second kappa shape index (κ2) is 23.8. The number of para-hydroxylation sites is 2. The standard InChI is InChI=1S/C28H16BO4.2C28H16BO3S/c30-29-33-25-10-4-9-22-26(25)20-15-17(12-13-21(20)31-22)19-7-3-8-23-28(19)27-18-6-2-1-5-16(18)11-14-24(27)32-23;30-29-32-23-13-6-12-19-18-10-5-11-20(26(18)31-27(19)23)22-15-16-7-1-2-8-17(16)25-21-9-3-4-14-24(21)33-28(22)25;30-29-32-24-6-3-7-26-28(24)21-15-18(10-13-25(21)33-26)17-9-11-22-20(14-17)27-19-5-2-1-4-16(19)8-12-23(27)31-22/h3*1-15,30H. The van der Waals surface area contributed by atoms with E-state index in [-0.39, 0.29) is 0 Å². The maximum Gasteiger partial charge on any atom is 0.569 e. The number of thiophene rings is 2. The first-order valence-corrected chi connectivity index (χ1v) is 33.8. The van der Waals surface area contributed by atoms with Gasteiger partial charge in [0.05, 0.1) is 5.39 Å². The van der Waals surface area contributed by atoms with Crippen LogP contribution in [0.2, 0.25) is 0 Å². The van der Waals surface area contributed by atoms with Gasteiger partial charge in [0, 0.05) is 89.2 Å². The zero-order chi connectivity index (χ0) is 65.8. The van der Waals surface area contributed by atoms with Crippen molar-refractivity contribution in [2.75, 3.05) is 0 Å². The Hall–Kier alpha value is -11.8. The number of hydrogen-bond acceptors (Lipinski definition) is 12. The van der Waals surface area contributed by atoms with Crippen molar-refractivity contribution in [1.82, 2.24) is 0 Å². The summed E-state index contributed by atoms with van der Waals surface area (Å²) in [5, 5.41) is 47.8. The topological polar surface area (TPSA) is 141 Å². The quantitative estimate of drug-likeness (QED) is 0.120. The highest BCUT2D eigenvalue weighted by Crippen LogP contribution is 2.49. The molecule has 0 aliphatic heterocycles. The van der Waals surface area contributed by atoms with E-state index in [9.17, 15) is 15.1 Å². The van der Waals surface area contributed by atoms with Crippen LogP contribution in [0.25, 0.3) is 194 Å². The van der Waals surface area contributed by atoms with Gasteiger partial charge in [-0.3, -0.25) is 0 Å². The van der Waals surface area contributed by atoms with E-state index < -0.39 is 0 Å². The minimum atomic E-state index is 0.489. The zero-order valence-corrected chi connectivity index (χ0v) is 53.9. The van der Waals surface area contributed by atoms with Gasteiger partial charge in [0.2, 0.25) is 0 Å². The maximum atomic E-state index is 9.21. The lowest BCUT2D eigenvalue weighted by Crippen LogP contribution is -1.99. The van der Waals surface area contributed by atoms with Gasteiger partial charge in [-0.15, -0.1) is 22.7 Å². The van der Waals surface area contributed by atoms with Crippen molar-refractivity contribution in [2.45, 2.75) is 0 Å². The predicted molar refractivity (Wildman–Crippen MR) is 409 cm³/mol. The van der Waals surface area contributed by atoms with E-state index in [0.717, 1.165) is 133 Å². The predicted octanol–water partition coefficient (Wildman–Crippen LogP) is 22.6. The van der Waals surface area contributed by atoms with Crippen molar-refractivity contribution >= 4 is 206 Å². The lowest BCUT2D eigenvalue weighted by molar-refractivity contribution is 0.451. The van der Waals surface area contributed by atoms with E-state index in [1.807, 2.05) is 78.1 Å². The van der Waals surface area contributed by atoms with Crippen LogP contribution in [0, 0.1) is 0 Å². The van der Waals surface area contributed by atoms with Crippen molar-refractivity contribution in [1.29, 1.82) is 0 Å². The van der Waals surface area contributed by atoms with Crippen LogP contribution in [-0.4, -0.2) is 38.1 Å². The van der Waals surface area contributed by atoms with Crippen molar-refractivity contribution in [3.8, 4) is 50.6 Å². The molecule has 0 unspecified atom stereocenters. The molecule has 3 radical (unpaired) electrons. The van der Waals surface area contributed by atoms with Gasteiger partial charge in [0.15, 0.2) is 5.58 Å². The van der Waals surface area contributed by atoms with E-state index in [2.05, 4.69) is 200 Å². The molecule has 0 saturated heterocycles. The van der Waals surface area contributed by atoms with Gasteiger partial charge in [-0.2, -0.15) is 0 Å². The van der Waals surface area contributed by atoms with E-state index in [1.54, 1.807) is 17.4 Å². The first-order valence-electron chi connectivity index (χ1n) is 32.2. The van der Waals surface area contributed by atoms with Gasteiger partial charge in [-0.25, -0.2) is 0 Å². The number of hydrogen-bond donors (Lipinski definition) is 3. The summed E-state index contributed by atoms with van der Waals surface area (Å²) in [7, 11) is 2.12. The molecule has 0 amide bonds. The fourth-order valence-electron chi connectivity index (χ4n) is 14.7. The Morgan fingerprint density at radius 3 is 1.47 bits per heavy atom. The molecule has 21 aromatic rings. The van der Waals surface area contributed by atoms with Gasteiger partial charge in [0.25, 0.3) is 0 Å². The summed E-state index contributed by atoms with van der Waals surface area (Å²) in [6, 6.07) is 93.3. The molecule has 15 aromatic carbocycles. The molecule has 99 heavy (non-hydrogen) atoms. The summed E-state index contributed by atoms with van der Waals surface area (Å²) >= 11 is 3.54. The average Bonchev–Trinajstić information content (AvgIpc) is 1.61. The second-order valence-electron chi connectivity index (χ2n) is 24.3. The van der Waals surface area contributed by atoms with Crippen LogP contribution in [0.15, 0.2) is 291 Å². The van der Waals surface area contributed by atoms with E-state index in [1.165, 1.54) is 57.2 Å². The van der Waals surface area contributed by atoms with Crippen molar-refractivity contribution in [2.24, 2.45) is 0 Å². The third kappa shape index (κ3) is 9.61. The van der Waals surface area contributed by atoms with Crippen LogP contribution < -0.4 is 14.0 Å². The molecule has 6 aromatic heterocycles. The fraction of sp³-hybridized carbons (Fsp3) is 0. The third-order valence-electron chi connectivity index (χ3n) is 19.0. The van der Waals surface area contributed by atoms with Crippen LogP contribution in [0.1, 0.15) is 0 Å². The van der Waals surface area contributed by atoms with E-state index in [0.29, 0.717) is 43.8 Å². The Balaban J connectivity index is 0.000000104. The molecule has 0 aliphatic carbocycles. The minimum absolute atomic E-state index is 0.489. The summed E-state index contributed by atoms with van der Waals surface area (Å²) < 4.78 is 45.7. The molecule has 0 fully saturated rings. The van der Waals surface area contributed by atoms with Gasteiger partial charge < -0.3 is 46.7 Å². The first-order chi connectivity index (χ1) is 48.9. The Bertz CT molecular complexity index is 6840. The molecule has 0 atom stereocenters. The molecular weight excluding hydrogens is 1270 g/mol. The highest BCUT2D eigenvalue weighted by molar-refractivity contribution is 7.26. The van der Waals surface area contributed by atoms with Crippen LogP contribution in [-0.2, 0) is 0 Å². The third-order valence-corrected chi connectivity index (χ3v) is 21.3. The number of benzene rings is 15. The first kappa shape index (κ1) is 58.5. The van der Waals surface area contributed by atoms with Crippen LogP contribution in [0.4, 0.5) is 0 Å². The molecule has 10 nitrogen and oxygen atoms in total. The average molecular weight is 1310 g/mol. The molecule has 0 spiro atoms. The monoisotopic (exact) mass is 1310 g/mol. The Labute approximate surface area is 572 Å². The minimum Gasteiger partial charge on any atom is -0.537 e. The second-order valence-corrected chi connectivity index (χ2v) is 26.5. The molecule has 0 bridgehead atoms. The largest absolute Gasteiger partial charge is 0.569 e. The van der Waals surface area contributed by atoms with Crippen molar-refractivity contribution < 1.29 is 46.7 Å². The van der Waals surface area contributed by atoms with Crippen molar-refractivity contribution in [3.63, 3.8) is 0 Å². The van der Waals surface area contributed by atoms with Gasteiger partial charge in [-0.1, -0.05) is 176 Å². The summed E-state index contributed by atoms with van der Waals surface area (Å²) in [5.41, 5.74) is 13.0. The zero-order valence-electron chi connectivity index (χ0n) is 52.2. The van der Waals surface area contributed by atoms with E-state index in [4.69, 9.17) is 31.6 Å². The van der Waals surface area contributed by atoms with Gasteiger partial charge >= 0.3 is 23.1 Å². The fourth-order valence-corrected chi connectivity index (χ4v) is 17.1. The Kier molecular flexibility index (Phi) is 14.1. The maximum absolute atomic E-state index is 9.21. The molecule has 3 N–H and O–H groups in total. The van der Waals surface area contributed by atoms with Crippen molar-refractivity contribution in [3.05, 3.63) is 273 Å². The molecule has 15 heteroatoms. The molecule has 21 rings (SSSR count). The molecular formula is C84H48B3O10S2. The molecule has 6 heterocycles. The van der Waals surface area contributed by atoms with Crippen LogP contribution in [0.3, 0.4) is 0 Å². The van der Waals surface area contributed by atoms with Gasteiger partial charge in [-0.05, 0) is 152 Å². The molecule has 0 aliphatic rings. The summed E-state index contributed by atoms with van der Waals surface area (Å²) in [6.07, 6.45) is 0. The van der Waals surface area contributed by atoms with Crippen LogP contribution in [0.5, 0.6) is 17.2 Å². The highest BCUT2D eigenvalue weighted by atomic mass is 32.1. The lowest BCUT2D eigenvalue weighted by atomic mass is 9.95. The summed E-state index contributed by atoms with van der Waals surface area (Å²) in [4.78, 5) is 0. The Morgan fingerprint density at radius 2 is 0.727 bits per heavy atom. The number of furan rings is 4. The van der Waals surface area contributed by atoms with Crippen LogP contribution >= 0.6 is 22.7 Å². The number of rotatable bonds is 9. The smallest absolute Gasteiger partial charge is 0.537 e. The highest BCUT2D eigenvalue weighted by Gasteiger charge is 2.23. The van der Waals surface area contributed by atoms with Gasteiger partial charge in [0.1, 0.15) is 56.3 Å². The normalized spacial score (nSPS) is 11.8. The molecule has 465 valence electrons. The summed E-state index contributed by atoms with van der Waals surface area (Å²) in [5.74, 6) is 1.69. The Morgan fingerprint density at radius 1 is 0.253 bits per heavy atom.